The summed E-state index contributed by atoms with van der Waals surface area (Å²) in [6, 6.07) is 19.9. The molecular weight excluding hydrogens is 522 g/mol. The van der Waals surface area contributed by atoms with Gasteiger partial charge in [0.15, 0.2) is 5.78 Å². The number of halogens is 1. The van der Waals surface area contributed by atoms with Crippen molar-refractivity contribution >= 4 is 50.9 Å². The van der Waals surface area contributed by atoms with E-state index in [0.717, 1.165) is 49.0 Å². The first-order valence-corrected chi connectivity index (χ1v) is 12.8. The number of allylic oxidation sites excluding steroid dienone is 1. The van der Waals surface area contributed by atoms with Gasteiger partial charge in [0.05, 0.1) is 40.9 Å². The third kappa shape index (κ3) is 4.79. The zero-order valence-corrected chi connectivity index (χ0v) is 22.0. The van der Waals surface area contributed by atoms with Crippen LogP contribution in [0, 0.1) is 13.8 Å². The molecule has 176 valence electrons. The minimum Gasteiger partial charge on any atom is -0.496 e. The molecule has 0 atom stereocenters. The summed E-state index contributed by atoms with van der Waals surface area (Å²) in [5.41, 5.74) is 6.59. The second-order valence-electron chi connectivity index (χ2n) is 8.35. The molecule has 0 aliphatic carbocycles. The fourth-order valence-corrected chi connectivity index (χ4v) is 5.33. The lowest BCUT2D eigenvalue weighted by atomic mass is 10.1. The summed E-state index contributed by atoms with van der Waals surface area (Å²) in [5, 5.41) is 8.05. The number of aryl methyl sites for hydroxylation is 1. The summed E-state index contributed by atoms with van der Waals surface area (Å²) in [6.45, 7) is 4.58. The van der Waals surface area contributed by atoms with E-state index in [1.807, 2.05) is 79.2 Å². The van der Waals surface area contributed by atoms with Crippen LogP contribution >= 0.6 is 27.7 Å². The second kappa shape index (κ2) is 9.76. The molecule has 5 rings (SSSR count). The van der Waals surface area contributed by atoms with Crippen molar-refractivity contribution < 1.29 is 9.53 Å². The molecule has 0 bridgehead atoms. The Labute approximate surface area is 217 Å². The molecule has 0 fully saturated rings. The number of ether oxygens (including phenoxy) is 1. The number of ketones is 1. The number of nitrogens with zero attached hydrogens (tertiary/aromatic N) is 2. The molecule has 1 aliphatic heterocycles. The Morgan fingerprint density at radius 1 is 1.09 bits per heavy atom. The number of methoxy groups -OCH3 is 1. The maximum atomic E-state index is 13.0. The molecule has 3 aromatic carbocycles. The van der Waals surface area contributed by atoms with Gasteiger partial charge in [0, 0.05) is 20.9 Å². The third-order valence-electron chi connectivity index (χ3n) is 5.99. The molecule has 1 aliphatic rings. The van der Waals surface area contributed by atoms with E-state index < -0.39 is 0 Å². The van der Waals surface area contributed by atoms with Gasteiger partial charge < -0.3 is 10.1 Å². The summed E-state index contributed by atoms with van der Waals surface area (Å²) in [6.07, 6.45) is 3.47. The second-order valence-corrected chi connectivity index (χ2v) is 10.2. The molecule has 35 heavy (non-hydrogen) atoms. The van der Waals surface area contributed by atoms with E-state index in [1.165, 1.54) is 4.90 Å². The summed E-state index contributed by atoms with van der Waals surface area (Å²) in [4.78, 5) is 15.3. The highest BCUT2D eigenvalue weighted by Crippen LogP contribution is 2.44. The normalized spacial score (nSPS) is 12.2. The van der Waals surface area contributed by atoms with Gasteiger partial charge in [0.2, 0.25) is 0 Å². The number of hydrogen-bond donors (Lipinski definition) is 1. The molecule has 4 aromatic rings. The highest BCUT2D eigenvalue weighted by atomic mass is 79.9. The Balaban J connectivity index is 1.36. The fourth-order valence-electron chi connectivity index (χ4n) is 4.08. The number of anilines is 2. The predicted molar refractivity (Wildman–Crippen MR) is 145 cm³/mol. The van der Waals surface area contributed by atoms with Crippen LogP contribution in [0.3, 0.4) is 0 Å². The molecule has 0 amide bonds. The van der Waals surface area contributed by atoms with Crippen LogP contribution in [0.4, 0.5) is 11.4 Å². The summed E-state index contributed by atoms with van der Waals surface area (Å²) in [5.74, 6) is 0.744. The van der Waals surface area contributed by atoms with E-state index in [9.17, 15) is 4.79 Å². The van der Waals surface area contributed by atoms with Crippen molar-refractivity contribution in [2.24, 2.45) is 0 Å². The van der Waals surface area contributed by atoms with Gasteiger partial charge in [-0.05, 0) is 83.9 Å². The van der Waals surface area contributed by atoms with E-state index in [0.29, 0.717) is 12.1 Å². The highest BCUT2D eigenvalue weighted by Gasteiger charge is 2.17. The van der Waals surface area contributed by atoms with Gasteiger partial charge >= 0.3 is 0 Å². The number of para-hydroxylation sites is 1. The Kier molecular flexibility index (Phi) is 6.54. The summed E-state index contributed by atoms with van der Waals surface area (Å²) >= 11 is 5.30. The first kappa shape index (κ1) is 23.5. The summed E-state index contributed by atoms with van der Waals surface area (Å²) in [7, 11) is 1.66. The zero-order valence-electron chi connectivity index (χ0n) is 19.6. The smallest absolute Gasteiger partial charge is 0.185 e. The van der Waals surface area contributed by atoms with Crippen molar-refractivity contribution in [1.82, 2.24) is 9.78 Å². The maximum absolute atomic E-state index is 13.0. The number of rotatable bonds is 6. The first-order chi connectivity index (χ1) is 16.9. The molecule has 7 heteroatoms. The molecular formula is C28H24BrN3O2S. The molecule has 0 unspecified atom stereocenters. The standard InChI is InChI=1S/C28H24BrN3O2S/c1-17-28(29)18(2)32(31-17)16-21-14-19(9-12-25(21)34-3)8-11-24(33)20-10-13-27-23(15-20)30-22-6-4-5-7-26(22)35-27/h4-15,30H,16H2,1-3H3/b11-8+. The quantitative estimate of drug-likeness (QED) is 0.177. The van der Waals surface area contributed by atoms with Gasteiger partial charge in [-0.1, -0.05) is 36.0 Å². The zero-order chi connectivity index (χ0) is 24.5. The number of nitrogens with one attached hydrogen (secondary N) is 1. The minimum absolute atomic E-state index is 0.0432. The molecule has 1 aromatic heterocycles. The van der Waals surface area contributed by atoms with Crippen molar-refractivity contribution in [1.29, 1.82) is 0 Å². The van der Waals surface area contributed by atoms with E-state index >= 15 is 0 Å². The molecule has 0 saturated carbocycles. The van der Waals surface area contributed by atoms with Crippen molar-refractivity contribution in [3.8, 4) is 5.75 Å². The van der Waals surface area contributed by atoms with Crippen molar-refractivity contribution in [3.05, 3.63) is 99.3 Å². The molecule has 2 heterocycles. The minimum atomic E-state index is -0.0432. The number of benzene rings is 3. The van der Waals surface area contributed by atoms with Crippen molar-refractivity contribution in [3.63, 3.8) is 0 Å². The number of carbonyl (C=O) groups excluding carboxylic acids is 1. The number of carbonyl (C=O) groups is 1. The maximum Gasteiger partial charge on any atom is 0.185 e. The van der Waals surface area contributed by atoms with Crippen LogP contribution in [0.15, 0.2) is 81.0 Å². The SMILES string of the molecule is COc1ccc(/C=C/C(=O)c2ccc3c(c2)Nc2ccccc2S3)cc1Cn1nc(C)c(Br)c1C. The Morgan fingerprint density at radius 2 is 1.89 bits per heavy atom. The number of hydrogen-bond acceptors (Lipinski definition) is 5. The lowest BCUT2D eigenvalue weighted by molar-refractivity contribution is 0.104. The largest absolute Gasteiger partial charge is 0.496 e. The fraction of sp³-hybridized carbons (Fsp3) is 0.143. The van der Waals surface area contributed by atoms with E-state index in [1.54, 1.807) is 24.9 Å². The lowest BCUT2D eigenvalue weighted by Crippen LogP contribution is -2.06. The van der Waals surface area contributed by atoms with Crippen molar-refractivity contribution in [2.45, 2.75) is 30.2 Å². The van der Waals surface area contributed by atoms with E-state index in [-0.39, 0.29) is 5.78 Å². The Bertz CT molecular complexity index is 1480. The molecule has 5 nitrogen and oxygen atoms in total. The number of aromatic nitrogens is 2. The Morgan fingerprint density at radius 3 is 2.66 bits per heavy atom. The van der Waals surface area contributed by atoms with Crippen LogP contribution in [0.5, 0.6) is 5.75 Å². The molecule has 0 spiro atoms. The van der Waals surface area contributed by atoms with Crippen LogP contribution in [0.2, 0.25) is 0 Å². The lowest BCUT2D eigenvalue weighted by Gasteiger charge is -2.20. The average Bonchev–Trinajstić information content (AvgIpc) is 3.12. The van der Waals surface area contributed by atoms with Gasteiger partial charge in [0.1, 0.15) is 5.75 Å². The van der Waals surface area contributed by atoms with E-state index in [2.05, 4.69) is 32.4 Å². The van der Waals surface area contributed by atoms with Crippen LogP contribution < -0.4 is 10.1 Å². The molecule has 0 radical (unpaired) electrons. The van der Waals surface area contributed by atoms with Gasteiger partial charge in [-0.2, -0.15) is 5.10 Å². The highest BCUT2D eigenvalue weighted by molar-refractivity contribution is 9.10. The van der Waals surface area contributed by atoms with E-state index in [4.69, 9.17) is 4.74 Å². The van der Waals surface area contributed by atoms with Crippen LogP contribution in [-0.2, 0) is 6.54 Å². The Hall–Kier alpha value is -3.29. The third-order valence-corrected chi connectivity index (χ3v) is 8.28. The van der Waals surface area contributed by atoms with Gasteiger partial charge in [-0.25, -0.2) is 0 Å². The monoisotopic (exact) mass is 545 g/mol. The predicted octanol–water partition coefficient (Wildman–Crippen LogP) is 7.42. The van der Waals surface area contributed by atoms with Gasteiger partial charge in [0.25, 0.3) is 0 Å². The first-order valence-electron chi connectivity index (χ1n) is 11.2. The average molecular weight is 546 g/mol. The summed E-state index contributed by atoms with van der Waals surface area (Å²) < 4.78 is 8.53. The molecule has 1 N–H and O–H groups in total. The molecule has 0 saturated heterocycles. The van der Waals surface area contributed by atoms with Crippen molar-refractivity contribution in [2.75, 3.05) is 12.4 Å². The van der Waals surface area contributed by atoms with Gasteiger partial charge in [-0.3, -0.25) is 9.48 Å². The van der Waals surface area contributed by atoms with Crippen LogP contribution in [0.25, 0.3) is 6.08 Å². The van der Waals surface area contributed by atoms with Crippen LogP contribution in [0.1, 0.15) is 32.9 Å². The van der Waals surface area contributed by atoms with Gasteiger partial charge in [-0.15, -0.1) is 0 Å². The number of fused-ring (bicyclic) bond motifs is 2. The van der Waals surface area contributed by atoms with Crippen LogP contribution in [-0.4, -0.2) is 22.7 Å². The topological polar surface area (TPSA) is 56.1 Å².